The summed E-state index contributed by atoms with van der Waals surface area (Å²) in [6.45, 7) is 0. The molecule has 4 nitrogen and oxygen atoms in total. The van der Waals surface area contributed by atoms with Crippen LogP contribution in [0.2, 0.25) is 0 Å². The topological polar surface area (TPSA) is 44.8 Å². The van der Waals surface area contributed by atoms with E-state index in [0.717, 1.165) is 28.2 Å². The van der Waals surface area contributed by atoms with Gasteiger partial charge in [-0.2, -0.15) is 0 Å². The van der Waals surface area contributed by atoms with E-state index in [4.69, 9.17) is 14.2 Å². The maximum absolute atomic E-state index is 11.7. The average molecular weight is 308 g/mol. The highest BCUT2D eigenvalue weighted by atomic mass is 16.5. The van der Waals surface area contributed by atoms with Crippen molar-refractivity contribution in [2.75, 3.05) is 14.2 Å². The molecule has 0 atom stereocenters. The zero-order valence-electron chi connectivity index (χ0n) is 12.9. The van der Waals surface area contributed by atoms with Gasteiger partial charge < -0.3 is 14.2 Å². The molecule has 0 amide bonds. The zero-order chi connectivity index (χ0) is 16.2. The third-order valence-corrected chi connectivity index (χ3v) is 3.55. The Balaban J connectivity index is 1.92. The van der Waals surface area contributed by atoms with E-state index >= 15 is 0 Å². The molecule has 0 N–H and O–H groups in total. The zero-order valence-corrected chi connectivity index (χ0v) is 12.9. The molecular formula is C19H16O4. The van der Waals surface area contributed by atoms with E-state index in [-0.39, 0.29) is 5.97 Å². The molecule has 0 fully saturated rings. The van der Waals surface area contributed by atoms with Crippen molar-refractivity contribution in [3.05, 3.63) is 71.5 Å². The average Bonchev–Trinajstić information content (AvgIpc) is 2.96. The van der Waals surface area contributed by atoms with Gasteiger partial charge in [-0.25, -0.2) is 4.79 Å². The quantitative estimate of drug-likeness (QED) is 0.808. The molecule has 1 aliphatic rings. The van der Waals surface area contributed by atoms with E-state index in [1.54, 1.807) is 14.2 Å². The minimum absolute atomic E-state index is 0.365. The molecule has 4 heteroatoms. The number of hydrogen-bond donors (Lipinski definition) is 0. The Bertz CT molecular complexity index is 768. The third kappa shape index (κ3) is 3.26. The summed E-state index contributed by atoms with van der Waals surface area (Å²) in [6.07, 6.45) is 3.33. The number of methoxy groups -OCH3 is 2. The summed E-state index contributed by atoms with van der Waals surface area (Å²) in [5.41, 5.74) is 2.58. The minimum atomic E-state index is -0.365. The van der Waals surface area contributed by atoms with Crippen molar-refractivity contribution < 1.29 is 19.0 Å². The third-order valence-electron chi connectivity index (χ3n) is 3.55. The molecule has 2 aromatic rings. The fourth-order valence-electron chi connectivity index (χ4n) is 2.34. The summed E-state index contributed by atoms with van der Waals surface area (Å²) in [5.74, 6) is 1.71. The van der Waals surface area contributed by atoms with Crippen molar-refractivity contribution in [3.8, 4) is 11.5 Å². The van der Waals surface area contributed by atoms with Gasteiger partial charge >= 0.3 is 5.97 Å². The van der Waals surface area contributed by atoms with E-state index < -0.39 is 0 Å². The van der Waals surface area contributed by atoms with Gasteiger partial charge in [0.05, 0.1) is 14.2 Å². The van der Waals surface area contributed by atoms with Gasteiger partial charge in [-0.3, -0.25) is 0 Å². The second-order valence-corrected chi connectivity index (χ2v) is 4.99. The first-order chi connectivity index (χ1) is 11.2. The van der Waals surface area contributed by atoms with Crippen molar-refractivity contribution in [2.45, 2.75) is 0 Å². The Kier molecular flexibility index (Phi) is 4.15. The molecule has 0 spiro atoms. The first kappa shape index (κ1) is 14.9. The molecule has 23 heavy (non-hydrogen) atoms. The number of esters is 1. The number of carbonyl (C=O) groups is 1. The van der Waals surface area contributed by atoms with Crippen molar-refractivity contribution in [1.82, 2.24) is 0 Å². The van der Waals surface area contributed by atoms with Gasteiger partial charge in [-0.15, -0.1) is 0 Å². The second kappa shape index (κ2) is 6.40. The summed E-state index contributed by atoms with van der Waals surface area (Å²) in [4.78, 5) is 11.7. The molecule has 1 heterocycles. The maximum atomic E-state index is 11.7. The molecule has 0 aliphatic carbocycles. The highest BCUT2D eigenvalue weighted by Gasteiger charge is 2.21. The summed E-state index contributed by atoms with van der Waals surface area (Å²) in [5, 5.41) is 0. The van der Waals surface area contributed by atoms with Gasteiger partial charge in [0, 0.05) is 11.6 Å². The molecule has 0 saturated heterocycles. The van der Waals surface area contributed by atoms with Gasteiger partial charge in [-0.1, -0.05) is 24.3 Å². The molecule has 116 valence electrons. The molecule has 2 aromatic carbocycles. The van der Waals surface area contributed by atoms with Crippen LogP contribution < -0.4 is 9.47 Å². The van der Waals surface area contributed by atoms with Gasteiger partial charge in [0.15, 0.2) is 0 Å². The monoisotopic (exact) mass is 308 g/mol. The highest BCUT2D eigenvalue weighted by Crippen LogP contribution is 2.32. The molecular weight excluding hydrogens is 292 g/mol. The smallest absolute Gasteiger partial charge is 0.336 e. The van der Waals surface area contributed by atoms with E-state index in [9.17, 15) is 4.79 Å². The van der Waals surface area contributed by atoms with Crippen LogP contribution in [0.25, 0.3) is 11.6 Å². The lowest BCUT2D eigenvalue weighted by Gasteiger charge is -2.07. The fraction of sp³-hybridized carbons (Fsp3) is 0.105. The predicted octanol–water partition coefficient (Wildman–Crippen LogP) is 3.69. The number of rotatable bonds is 4. The Labute approximate surface area is 134 Å². The first-order valence-electron chi connectivity index (χ1n) is 7.13. The summed E-state index contributed by atoms with van der Waals surface area (Å²) in [7, 11) is 3.24. The molecule has 0 saturated carbocycles. The SMILES string of the molecule is COc1ccc(/C=C2\OC(=O)C=C2c2ccc(OC)cc2)cc1. The molecule has 0 unspecified atom stereocenters. The number of benzene rings is 2. The molecule has 3 rings (SSSR count). The molecule has 0 aromatic heterocycles. The van der Waals surface area contributed by atoms with Crippen LogP contribution in [0, 0.1) is 0 Å². The Hall–Kier alpha value is -3.01. The number of carbonyl (C=O) groups excluding carboxylic acids is 1. The van der Waals surface area contributed by atoms with E-state index in [0.29, 0.717) is 5.76 Å². The van der Waals surface area contributed by atoms with Crippen LogP contribution in [0.4, 0.5) is 0 Å². The maximum Gasteiger partial charge on any atom is 0.336 e. The van der Waals surface area contributed by atoms with Crippen LogP contribution >= 0.6 is 0 Å². The minimum Gasteiger partial charge on any atom is -0.497 e. The fourth-order valence-corrected chi connectivity index (χ4v) is 2.34. The van der Waals surface area contributed by atoms with Gasteiger partial charge in [-0.05, 0) is 41.5 Å². The first-order valence-corrected chi connectivity index (χ1v) is 7.13. The van der Waals surface area contributed by atoms with Crippen molar-refractivity contribution in [2.24, 2.45) is 0 Å². The Morgan fingerprint density at radius 1 is 0.870 bits per heavy atom. The number of cyclic esters (lactones) is 1. The largest absolute Gasteiger partial charge is 0.497 e. The van der Waals surface area contributed by atoms with Crippen LogP contribution in [0.5, 0.6) is 11.5 Å². The Morgan fingerprint density at radius 3 is 2.00 bits per heavy atom. The van der Waals surface area contributed by atoms with Crippen molar-refractivity contribution in [1.29, 1.82) is 0 Å². The summed E-state index contributed by atoms with van der Waals surface area (Å²) >= 11 is 0. The van der Waals surface area contributed by atoms with Crippen LogP contribution in [0.3, 0.4) is 0 Å². The number of hydrogen-bond acceptors (Lipinski definition) is 4. The molecule has 0 bridgehead atoms. The van der Waals surface area contributed by atoms with Crippen LogP contribution in [-0.2, 0) is 9.53 Å². The normalized spacial score (nSPS) is 15.3. The predicted molar refractivity (Wildman–Crippen MR) is 88.0 cm³/mol. The van der Waals surface area contributed by atoms with Crippen molar-refractivity contribution in [3.63, 3.8) is 0 Å². The van der Waals surface area contributed by atoms with E-state index in [1.165, 1.54) is 6.08 Å². The van der Waals surface area contributed by atoms with Crippen LogP contribution in [0.15, 0.2) is 60.4 Å². The second-order valence-electron chi connectivity index (χ2n) is 4.99. The summed E-state index contributed by atoms with van der Waals surface area (Å²) < 4.78 is 15.6. The lowest BCUT2D eigenvalue weighted by Crippen LogP contribution is -1.92. The highest BCUT2D eigenvalue weighted by molar-refractivity contribution is 6.03. The molecule has 0 radical (unpaired) electrons. The van der Waals surface area contributed by atoms with E-state index in [2.05, 4.69) is 0 Å². The lowest BCUT2D eigenvalue weighted by atomic mass is 10.0. The number of allylic oxidation sites excluding steroid dienone is 1. The summed E-state index contributed by atoms with van der Waals surface area (Å²) in [6, 6.07) is 15.0. The van der Waals surface area contributed by atoms with Gasteiger partial charge in [0.1, 0.15) is 17.3 Å². The standard InChI is InChI=1S/C19H16O4/c1-21-15-7-3-13(4-8-15)11-18-17(12-19(20)23-18)14-5-9-16(22-2)10-6-14/h3-12H,1-2H3/b18-11-. The van der Waals surface area contributed by atoms with E-state index in [1.807, 2.05) is 54.6 Å². The van der Waals surface area contributed by atoms with Gasteiger partial charge in [0.2, 0.25) is 0 Å². The van der Waals surface area contributed by atoms with Gasteiger partial charge in [0.25, 0.3) is 0 Å². The molecule has 1 aliphatic heterocycles. The number of ether oxygens (including phenoxy) is 3. The van der Waals surface area contributed by atoms with Crippen molar-refractivity contribution >= 4 is 17.6 Å². The van der Waals surface area contributed by atoms with Crippen LogP contribution in [0.1, 0.15) is 11.1 Å². The lowest BCUT2D eigenvalue weighted by molar-refractivity contribution is -0.132. The Morgan fingerprint density at radius 2 is 1.43 bits per heavy atom. The van der Waals surface area contributed by atoms with Crippen LogP contribution in [-0.4, -0.2) is 20.2 Å².